The number of carbonyl (C=O) groups is 1. The minimum Gasteiger partial charge on any atom is -0.340 e. The lowest BCUT2D eigenvalue weighted by molar-refractivity contribution is -0.133. The summed E-state index contributed by atoms with van der Waals surface area (Å²) < 4.78 is 0. The van der Waals surface area contributed by atoms with E-state index in [9.17, 15) is 4.79 Å². The number of hydrogen-bond acceptors (Lipinski definition) is 2. The molecule has 0 aromatic rings. The van der Waals surface area contributed by atoms with Gasteiger partial charge in [0.15, 0.2) is 0 Å². The average molecular weight is 252 g/mol. The topological polar surface area (TPSA) is 46.3 Å². The SMILES string of the molecule is CC(C)CC1CCCN1C(=O)C[C@@H]1CCC[C@H]1N. The zero-order chi connectivity index (χ0) is 13.1. The van der Waals surface area contributed by atoms with Gasteiger partial charge in [0.05, 0.1) is 0 Å². The standard InChI is InChI=1S/C15H28N2O/c1-11(2)9-13-6-4-8-17(13)15(18)10-12-5-3-7-14(12)16/h11-14H,3-10,16H2,1-2H3/t12-,13?,14+/m0/s1. The van der Waals surface area contributed by atoms with Crippen molar-refractivity contribution in [2.45, 2.75) is 70.9 Å². The predicted octanol–water partition coefficient (Wildman–Crippen LogP) is 2.54. The first-order valence-electron chi connectivity index (χ1n) is 7.63. The lowest BCUT2D eigenvalue weighted by Gasteiger charge is -2.28. The molecule has 2 fully saturated rings. The number of rotatable bonds is 4. The fourth-order valence-corrected chi connectivity index (χ4v) is 3.61. The second kappa shape index (κ2) is 6.05. The molecule has 2 aliphatic rings. The zero-order valence-corrected chi connectivity index (χ0v) is 11.9. The summed E-state index contributed by atoms with van der Waals surface area (Å²) in [5.74, 6) is 1.48. The Morgan fingerprint density at radius 1 is 1.28 bits per heavy atom. The van der Waals surface area contributed by atoms with Gasteiger partial charge < -0.3 is 10.6 Å². The second-order valence-corrected chi connectivity index (χ2v) is 6.57. The molecule has 2 N–H and O–H groups in total. The molecule has 0 aromatic heterocycles. The van der Waals surface area contributed by atoms with Crippen LogP contribution in [0, 0.1) is 11.8 Å². The highest BCUT2D eigenvalue weighted by Gasteiger charge is 2.32. The van der Waals surface area contributed by atoms with E-state index in [2.05, 4.69) is 18.7 Å². The summed E-state index contributed by atoms with van der Waals surface area (Å²) in [6.07, 6.45) is 7.68. The van der Waals surface area contributed by atoms with E-state index >= 15 is 0 Å². The highest BCUT2D eigenvalue weighted by atomic mass is 16.2. The molecule has 1 unspecified atom stereocenters. The van der Waals surface area contributed by atoms with Crippen molar-refractivity contribution in [1.29, 1.82) is 0 Å². The zero-order valence-electron chi connectivity index (χ0n) is 11.9. The lowest BCUT2D eigenvalue weighted by Crippen LogP contribution is -2.38. The molecule has 3 heteroatoms. The first kappa shape index (κ1) is 13.9. The van der Waals surface area contributed by atoms with Gasteiger partial charge in [0.25, 0.3) is 0 Å². The molecule has 0 radical (unpaired) electrons. The van der Waals surface area contributed by atoms with E-state index in [4.69, 9.17) is 5.73 Å². The van der Waals surface area contributed by atoms with E-state index in [0.29, 0.717) is 30.2 Å². The summed E-state index contributed by atoms with van der Waals surface area (Å²) in [5.41, 5.74) is 6.07. The van der Waals surface area contributed by atoms with Crippen LogP contribution in [0.1, 0.15) is 58.8 Å². The van der Waals surface area contributed by atoms with Crippen molar-refractivity contribution in [3.05, 3.63) is 0 Å². The van der Waals surface area contributed by atoms with Crippen LogP contribution in [0.2, 0.25) is 0 Å². The number of likely N-dealkylation sites (tertiary alicyclic amines) is 1. The molecule has 0 bridgehead atoms. The molecule has 1 amide bonds. The van der Waals surface area contributed by atoms with E-state index in [1.165, 1.54) is 19.3 Å². The highest BCUT2D eigenvalue weighted by molar-refractivity contribution is 5.77. The first-order valence-corrected chi connectivity index (χ1v) is 7.63. The Labute approximate surface area is 111 Å². The molecule has 0 aromatic carbocycles. The van der Waals surface area contributed by atoms with E-state index in [1.54, 1.807) is 0 Å². The van der Waals surface area contributed by atoms with Crippen molar-refractivity contribution in [2.24, 2.45) is 17.6 Å². The van der Waals surface area contributed by atoms with Crippen LogP contribution in [-0.2, 0) is 4.79 Å². The Morgan fingerprint density at radius 3 is 2.67 bits per heavy atom. The third-order valence-corrected chi connectivity index (χ3v) is 4.60. The number of hydrogen-bond donors (Lipinski definition) is 1. The number of nitrogens with two attached hydrogens (primary N) is 1. The average Bonchev–Trinajstić information content (AvgIpc) is 2.88. The van der Waals surface area contributed by atoms with Crippen LogP contribution in [0.5, 0.6) is 0 Å². The van der Waals surface area contributed by atoms with Crippen molar-refractivity contribution >= 4 is 5.91 Å². The van der Waals surface area contributed by atoms with Crippen molar-refractivity contribution in [2.75, 3.05) is 6.54 Å². The van der Waals surface area contributed by atoms with E-state index < -0.39 is 0 Å². The second-order valence-electron chi connectivity index (χ2n) is 6.57. The van der Waals surface area contributed by atoms with Gasteiger partial charge in [-0.2, -0.15) is 0 Å². The fraction of sp³-hybridized carbons (Fsp3) is 0.933. The van der Waals surface area contributed by atoms with Gasteiger partial charge in [-0.1, -0.05) is 20.3 Å². The van der Waals surface area contributed by atoms with Gasteiger partial charge in [-0.3, -0.25) is 4.79 Å². The maximum atomic E-state index is 12.4. The van der Waals surface area contributed by atoms with Gasteiger partial charge in [0, 0.05) is 25.0 Å². The molecule has 1 saturated heterocycles. The third-order valence-electron chi connectivity index (χ3n) is 4.60. The van der Waals surface area contributed by atoms with Crippen LogP contribution >= 0.6 is 0 Å². The molecule has 1 aliphatic carbocycles. The van der Waals surface area contributed by atoms with Crippen LogP contribution in [0.3, 0.4) is 0 Å². The Kier molecular flexibility index (Phi) is 4.66. The smallest absolute Gasteiger partial charge is 0.223 e. The molecule has 3 atom stereocenters. The highest BCUT2D eigenvalue weighted by Crippen LogP contribution is 2.30. The lowest BCUT2D eigenvalue weighted by atomic mass is 9.98. The first-order chi connectivity index (χ1) is 8.58. The molecule has 1 saturated carbocycles. The Bertz CT molecular complexity index is 290. The molecule has 2 rings (SSSR count). The van der Waals surface area contributed by atoms with Gasteiger partial charge in [0.2, 0.25) is 5.91 Å². The summed E-state index contributed by atoms with van der Waals surface area (Å²) in [6.45, 7) is 5.46. The normalized spacial score (nSPS) is 32.4. The quantitative estimate of drug-likeness (QED) is 0.835. The van der Waals surface area contributed by atoms with Crippen LogP contribution in [0.25, 0.3) is 0 Å². The van der Waals surface area contributed by atoms with Crippen LogP contribution < -0.4 is 5.73 Å². The largest absolute Gasteiger partial charge is 0.340 e. The Balaban J connectivity index is 1.87. The van der Waals surface area contributed by atoms with E-state index in [0.717, 1.165) is 25.8 Å². The van der Waals surface area contributed by atoms with E-state index in [-0.39, 0.29) is 6.04 Å². The molecular formula is C15H28N2O. The van der Waals surface area contributed by atoms with Crippen molar-refractivity contribution in [1.82, 2.24) is 4.90 Å². The van der Waals surface area contributed by atoms with Gasteiger partial charge in [0.1, 0.15) is 0 Å². The van der Waals surface area contributed by atoms with Gasteiger partial charge in [-0.05, 0) is 43.9 Å². The fourth-order valence-electron chi connectivity index (χ4n) is 3.61. The maximum Gasteiger partial charge on any atom is 0.223 e. The van der Waals surface area contributed by atoms with Crippen LogP contribution in [0.4, 0.5) is 0 Å². The number of nitrogens with zero attached hydrogens (tertiary/aromatic N) is 1. The van der Waals surface area contributed by atoms with Gasteiger partial charge in [-0.15, -0.1) is 0 Å². The van der Waals surface area contributed by atoms with E-state index in [1.807, 2.05) is 0 Å². The van der Waals surface area contributed by atoms with Gasteiger partial charge >= 0.3 is 0 Å². The molecule has 0 spiro atoms. The molecular weight excluding hydrogens is 224 g/mol. The molecule has 104 valence electrons. The summed E-state index contributed by atoms with van der Waals surface area (Å²) >= 11 is 0. The van der Waals surface area contributed by atoms with Gasteiger partial charge in [-0.25, -0.2) is 0 Å². The van der Waals surface area contributed by atoms with Crippen molar-refractivity contribution in [3.63, 3.8) is 0 Å². The number of carbonyl (C=O) groups excluding carboxylic acids is 1. The summed E-state index contributed by atoms with van der Waals surface area (Å²) in [6, 6.07) is 0.759. The third kappa shape index (κ3) is 3.25. The number of amides is 1. The monoisotopic (exact) mass is 252 g/mol. The van der Waals surface area contributed by atoms with Crippen molar-refractivity contribution < 1.29 is 4.79 Å². The predicted molar refractivity (Wildman–Crippen MR) is 74.1 cm³/mol. The minimum absolute atomic E-state index is 0.264. The molecule has 1 aliphatic heterocycles. The molecule has 1 heterocycles. The van der Waals surface area contributed by atoms with Crippen LogP contribution in [-0.4, -0.2) is 29.4 Å². The summed E-state index contributed by atoms with van der Waals surface area (Å²) in [7, 11) is 0. The minimum atomic E-state index is 0.264. The summed E-state index contributed by atoms with van der Waals surface area (Å²) in [4.78, 5) is 14.6. The van der Waals surface area contributed by atoms with Crippen molar-refractivity contribution in [3.8, 4) is 0 Å². The van der Waals surface area contributed by atoms with Crippen LogP contribution in [0.15, 0.2) is 0 Å². The summed E-state index contributed by atoms with van der Waals surface area (Å²) in [5, 5.41) is 0. The Morgan fingerprint density at radius 2 is 2.06 bits per heavy atom. The molecule has 18 heavy (non-hydrogen) atoms. The Hall–Kier alpha value is -0.570. The maximum absolute atomic E-state index is 12.4. The molecule has 3 nitrogen and oxygen atoms in total.